The van der Waals surface area contributed by atoms with Crippen molar-refractivity contribution in [2.24, 2.45) is 5.92 Å². The van der Waals surface area contributed by atoms with Crippen LogP contribution in [-0.4, -0.2) is 25.2 Å². The maximum atomic E-state index is 11.8. The number of rotatable bonds is 2. The monoisotopic (exact) mass is 258 g/mol. The minimum atomic E-state index is -0.341. The van der Waals surface area contributed by atoms with E-state index in [0.717, 1.165) is 12.1 Å². The molecule has 0 spiro atoms. The highest BCUT2D eigenvalue weighted by Crippen LogP contribution is 2.38. The number of ether oxygens (including phenoxy) is 1. The molecule has 0 saturated carbocycles. The molecule has 4 nitrogen and oxygen atoms in total. The number of hydrogen-bond donors (Lipinski definition) is 0. The van der Waals surface area contributed by atoms with E-state index < -0.39 is 0 Å². The molecule has 1 heterocycles. The fourth-order valence-corrected chi connectivity index (χ4v) is 2.75. The van der Waals surface area contributed by atoms with E-state index in [9.17, 15) is 4.79 Å². The van der Waals surface area contributed by atoms with Gasteiger partial charge in [0.25, 0.3) is 0 Å². The first-order valence-electron chi connectivity index (χ1n) is 6.34. The fraction of sp³-hybridized carbons (Fsp3) is 0.467. The van der Waals surface area contributed by atoms with Gasteiger partial charge in [-0.15, -0.1) is 0 Å². The summed E-state index contributed by atoms with van der Waals surface area (Å²) in [5, 5.41) is 9.12. The molecule has 2 rings (SSSR count). The molecule has 0 bridgehead atoms. The summed E-state index contributed by atoms with van der Waals surface area (Å²) in [5.41, 5.74) is 1.26. The number of methoxy groups -OCH3 is 1. The summed E-state index contributed by atoms with van der Waals surface area (Å²) in [7, 11) is 1.38. The first-order chi connectivity index (χ1) is 8.99. The number of para-hydroxylation sites is 1. The summed E-state index contributed by atoms with van der Waals surface area (Å²) in [5.74, 6) is -0.340. The summed E-state index contributed by atoms with van der Waals surface area (Å²) >= 11 is 0. The Morgan fingerprint density at radius 1 is 1.47 bits per heavy atom. The van der Waals surface area contributed by atoms with E-state index in [1.807, 2.05) is 18.2 Å². The molecule has 1 saturated heterocycles. The number of nitriles is 1. The second-order valence-electron chi connectivity index (χ2n) is 5.46. The SMILES string of the molecule is COC(=O)c1ccccc1N1CC(C#N)CC1(C)C. The molecule has 1 aliphatic rings. The third-order valence-corrected chi connectivity index (χ3v) is 3.66. The Labute approximate surface area is 113 Å². The lowest BCUT2D eigenvalue weighted by Gasteiger charge is -2.34. The van der Waals surface area contributed by atoms with Crippen LogP contribution < -0.4 is 4.90 Å². The van der Waals surface area contributed by atoms with Gasteiger partial charge in [0.1, 0.15) is 0 Å². The average molecular weight is 258 g/mol. The van der Waals surface area contributed by atoms with Gasteiger partial charge in [-0.05, 0) is 32.4 Å². The lowest BCUT2D eigenvalue weighted by Crippen LogP contribution is -2.39. The molecule has 4 heteroatoms. The molecule has 0 radical (unpaired) electrons. The zero-order chi connectivity index (χ0) is 14.0. The van der Waals surface area contributed by atoms with Crippen molar-refractivity contribution in [3.63, 3.8) is 0 Å². The van der Waals surface area contributed by atoms with E-state index in [1.54, 1.807) is 6.07 Å². The Bertz CT molecular complexity index is 531. The first-order valence-corrected chi connectivity index (χ1v) is 6.34. The van der Waals surface area contributed by atoms with Gasteiger partial charge in [0.15, 0.2) is 0 Å². The minimum absolute atomic E-state index is 0.000651. The number of nitrogens with zero attached hydrogens (tertiary/aromatic N) is 2. The summed E-state index contributed by atoms with van der Waals surface area (Å²) in [4.78, 5) is 14.0. The molecule has 0 aliphatic carbocycles. The number of esters is 1. The molecule has 0 N–H and O–H groups in total. The Hall–Kier alpha value is -2.02. The van der Waals surface area contributed by atoms with Gasteiger partial charge in [-0.2, -0.15) is 5.26 Å². The molecule has 0 amide bonds. The maximum Gasteiger partial charge on any atom is 0.339 e. The highest BCUT2D eigenvalue weighted by atomic mass is 16.5. The Morgan fingerprint density at radius 3 is 2.74 bits per heavy atom. The summed E-state index contributed by atoms with van der Waals surface area (Å²) in [6, 6.07) is 9.72. The third-order valence-electron chi connectivity index (χ3n) is 3.66. The van der Waals surface area contributed by atoms with Crippen LogP contribution in [0.4, 0.5) is 5.69 Å². The van der Waals surface area contributed by atoms with Crippen molar-refractivity contribution < 1.29 is 9.53 Å². The maximum absolute atomic E-state index is 11.8. The van der Waals surface area contributed by atoms with Gasteiger partial charge in [0.05, 0.1) is 30.3 Å². The van der Waals surface area contributed by atoms with Gasteiger partial charge in [-0.3, -0.25) is 0 Å². The molecule has 19 heavy (non-hydrogen) atoms. The van der Waals surface area contributed by atoms with Crippen molar-refractivity contribution in [3.05, 3.63) is 29.8 Å². The molecule has 1 aromatic rings. The number of carbonyl (C=O) groups is 1. The minimum Gasteiger partial charge on any atom is -0.465 e. The number of hydrogen-bond acceptors (Lipinski definition) is 4. The third kappa shape index (κ3) is 2.41. The van der Waals surface area contributed by atoms with Crippen LogP contribution >= 0.6 is 0 Å². The summed E-state index contributed by atoms with van der Waals surface area (Å²) < 4.78 is 4.83. The number of benzene rings is 1. The second kappa shape index (κ2) is 4.93. The zero-order valence-corrected chi connectivity index (χ0v) is 11.5. The van der Waals surface area contributed by atoms with Crippen molar-refractivity contribution >= 4 is 11.7 Å². The van der Waals surface area contributed by atoms with Crippen LogP contribution in [0.1, 0.15) is 30.6 Å². The Morgan fingerprint density at radius 2 is 2.16 bits per heavy atom. The average Bonchev–Trinajstić information content (AvgIpc) is 2.73. The summed E-state index contributed by atoms with van der Waals surface area (Å²) in [6.07, 6.45) is 0.805. The second-order valence-corrected chi connectivity index (χ2v) is 5.46. The molecule has 1 aromatic carbocycles. The molecule has 1 unspecified atom stereocenters. The van der Waals surface area contributed by atoms with Gasteiger partial charge >= 0.3 is 5.97 Å². The topological polar surface area (TPSA) is 53.3 Å². The lowest BCUT2D eigenvalue weighted by molar-refractivity contribution is 0.0601. The van der Waals surface area contributed by atoms with Crippen LogP contribution in [0.25, 0.3) is 0 Å². The molecule has 100 valence electrons. The smallest absolute Gasteiger partial charge is 0.339 e. The predicted octanol–water partition coefficient (Wildman–Crippen LogP) is 2.60. The molecule has 0 aromatic heterocycles. The van der Waals surface area contributed by atoms with Crippen molar-refractivity contribution in [1.82, 2.24) is 0 Å². The van der Waals surface area contributed by atoms with Gasteiger partial charge in [0, 0.05) is 12.1 Å². The van der Waals surface area contributed by atoms with E-state index >= 15 is 0 Å². The van der Waals surface area contributed by atoms with E-state index in [-0.39, 0.29) is 17.4 Å². The highest BCUT2D eigenvalue weighted by molar-refractivity contribution is 5.96. The van der Waals surface area contributed by atoms with Crippen molar-refractivity contribution in [3.8, 4) is 6.07 Å². The number of anilines is 1. The van der Waals surface area contributed by atoms with Gasteiger partial charge < -0.3 is 9.64 Å². The molecule has 1 aliphatic heterocycles. The van der Waals surface area contributed by atoms with Crippen LogP contribution in [0, 0.1) is 17.2 Å². The lowest BCUT2D eigenvalue weighted by atomic mass is 9.96. The fourth-order valence-electron chi connectivity index (χ4n) is 2.75. The van der Waals surface area contributed by atoms with E-state index in [0.29, 0.717) is 12.1 Å². The molecular weight excluding hydrogens is 240 g/mol. The van der Waals surface area contributed by atoms with Crippen LogP contribution in [0.2, 0.25) is 0 Å². The van der Waals surface area contributed by atoms with E-state index in [4.69, 9.17) is 10.00 Å². The zero-order valence-electron chi connectivity index (χ0n) is 11.5. The standard InChI is InChI=1S/C15H18N2O2/c1-15(2)8-11(9-16)10-17(15)13-7-5-4-6-12(13)14(18)19-3/h4-7,11H,8,10H2,1-3H3. The van der Waals surface area contributed by atoms with Crippen LogP contribution in [0.5, 0.6) is 0 Å². The predicted molar refractivity (Wildman–Crippen MR) is 72.9 cm³/mol. The summed E-state index contributed by atoms with van der Waals surface area (Å²) in [6.45, 7) is 4.84. The Balaban J connectivity index is 2.43. The van der Waals surface area contributed by atoms with Crippen LogP contribution in [0.15, 0.2) is 24.3 Å². The Kier molecular flexibility index (Phi) is 3.48. The van der Waals surface area contributed by atoms with Crippen molar-refractivity contribution in [2.75, 3.05) is 18.6 Å². The molecular formula is C15H18N2O2. The molecule has 1 atom stereocenters. The quantitative estimate of drug-likeness (QED) is 0.765. The first kappa shape index (κ1) is 13.4. The van der Waals surface area contributed by atoms with E-state index in [2.05, 4.69) is 24.8 Å². The highest BCUT2D eigenvalue weighted by Gasteiger charge is 2.39. The molecule has 1 fully saturated rings. The van der Waals surface area contributed by atoms with Gasteiger partial charge in [-0.25, -0.2) is 4.79 Å². The van der Waals surface area contributed by atoms with Crippen LogP contribution in [-0.2, 0) is 4.74 Å². The van der Waals surface area contributed by atoms with Crippen LogP contribution in [0.3, 0.4) is 0 Å². The number of carbonyl (C=O) groups excluding carboxylic acids is 1. The normalized spacial score (nSPS) is 20.9. The van der Waals surface area contributed by atoms with Gasteiger partial charge in [0.2, 0.25) is 0 Å². The largest absolute Gasteiger partial charge is 0.465 e. The van der Waals surface area contributed by atoms with Crippen molar-refractivity contribution in [1.29, 1.82) is 5.26 Å². The van der Waals surface area contributed by atoms with Crippen molar-refractivity contribution in [2.45, 2.75) is 25.8 Å². The van der Waals surface area contributed by atoms with Gasteiger partial charge in [-0.1, -0.05) is 12.1 Å². The van der Waals surface area contributed by atoms with E-state index in [1.165, 1.54) is 7.11 Å².